The van der Waals surface area contributed by atoms with Gasteiger partial charge in [0, 0.05) is 20.9 Å². The first kappa shape index (κ1) is 10.6. The Bertz CT molecular complexity index is 317. The molecule has 0 aromatic carbocycles. The Balaban J connectivity index is 3.23. The number of ether oxygens (including phenoxy) is 1. The van der Waals surface area contributed by atoms with Crippen LogP contribution in [-0.4, -0.2) is 12.1 Å². The minimum atomic E-state index is -2.48. The number of hydrogen-bond acceptors (Lipinski definition) is 2. The fourth-order valence-corrected chi connectivity index (χ4v) is 1.56. The van der Waals surface area contributed by atoms with Crippen LogP contribution >= 0.6 is 22.6 Å². The predicted octanol–water partition coefficient (Wildman–Crippen LogP) is 2.94. The van der Waals surface area contributed by atoms with E-state index in [1.54, 1.807) is 6.92 Å². The molecule has 72 valence electrons. The number of alkyl halides is 2. The summed E-state index contributed by atoms with van der Waals surface area (Å²) in [5.41, 5.74) is 0.611. The van der Waals surface area contributed by atoms with Crippen molar-refractivity contribution in [2.75, 3.05) is 7.11 Å². The van der Waals surface area contributed by atoms with E-state index in [-0.39, 0.29) is 5.56 Å². The van der Waals surface area contributed by atoms with Crippen LogP contribution in [0.4, 0.5) is 8.78 Å². The van der Waals surface area contributed by atoms with Crippen molar-refractivity contribution in [1.82, 2.24) is 4.98 Å². The summed E-state index contributed by atoms with van der Waals surface area (Å²) in [7, 11) is 1.47. The van der Waals surface area contributed by atoms with Gasteiger partial charge in [-0.1, -0.05) is 0 Å². The molecule has 1 heterocycles. The van der Waals surface area contributed by atoms with Gasteiger partial charge in [-0.05, 0) is 29.5 Å². The van der Waals surface area contributed by atoms with E-state index >= 15 is 0 Å². The van der Waals surface area contributed by atoms with Crippen molar-refractivity contribution in [2.45, 2.75) is 13.3 Å². The molecule has 0 unspecified atom stereocenters. The van der Waals surface area contributed by atoms with Gasteiger partial charge in [-0.3, -0.25) is 0 Å². The first-order valence-electron chi connectivity index (χ1n) is 3.55. The van der Waals surface area contributed by atoms with Gasteiger partial charge in [0.25, 0.3) is 6.43 Å². The fraction of sp³-hybridized carbons (Fsp3) is 0.375. The molecule has 0 aliphatic rings. The zero-order chi connectivity index (χ0) is 10.0. The van der Waals surface area contributed by atoms with E-state index in [1.807, 2.05) is 22.6 Å². The third-order valence-corrected chi connectivity index (χ3v) is 3.08. The highest BCUT2D eigenvalue weighted by atomic mass is 127. The van der Waals surface area contributed by atoms with Crippen molar-refractivity contribution in [2.24, 2.45) is 0 Å². The van der Waals surface area contributed by atoms with Crippen LogP contribution in [0.5, 0.6) is 5.88 Å². The molecule has 0 saturated heterocycles. The zero-order valence-electron chi connectivity index (χ0n) is 7.14. The quantitative estimate of drug-likeness (QED) is 0.783. The standard InChI is InChI=1S/C8H8F2INO/c1-4-6(11)5(7(9)10)3-12-8(4)13-2/h3,7H,1-2H3. The average molecular weight is 299 g/mol. The van der Waals surface area contributed by atoms with Gasteiger partial charge < -0.3 is 4.74 Å². The lowest BCUT2D eigenvalue weighted by atomic mass is 10.2. The highest BCUT2D eigenvalue weighted by molar-refractivity contribution is 14.1. The molecule has 0 saturated carbocycles. The molecule has 0 fully saturated rings. The lowest BCUT2D eigenvalue weighted by Gasteiger charge is -2.08. The lowest BCUT2D eigenvalue weighted by Crippen LogP contribution is -1.99. The van der Waals surface area contributed by atoms with E-state index in [2.05, 4.69) is 4.98 Å². The van der Waals surface area contributed by atoms with Gasteiger partial charge >= 0.3 is 0 Å². The van der Waals surface area contributed by atoms with Crippen molar-refractivity contribution in [3.05, 3.63) is 20.9 Å². The summed E-state index contributed by atoms with van der Waals surface area (Å²) in [6.45, 7) is 1.71. The van der Waals surface area contributed by atoms with Crippen LogP contribution in [0.1, 0.15) is 17.6 Å². The topological polar surface area (TPSA) is 22.1 Å². The maximum Gasteiger partial charge on any atom is 0.266 e. The minimum absolute atomic E-state index is 0.0427. The molecule has 0 radical (unpaired) electrons. The third-order valence-electron chi connectivity index (χ3n) is 1.65. The summed E-state index contributed by atoms with van der Waals surface area (Å²) >= 11 is 1.87. The Morgan fingerprint density at radius 3 is 2.62 bits per heavy atom. The first-order chi connectivity index (χ1) is 6.07. The van der Waals surface area contributed by atoms with E-state index in [4.69, 9.17) is 4.74 Å². The summed E-state index contributed by atoms with van der Waals surface area (Å²) in [5.74, 6) is 0.397. The van der Waals surface area contributed by atoms with Gasteiger partial charge in [0.2, 0.25) is 5.88 Å². The summed E-state index contributed by atoms with van der Waals surface area (Å²) in [4.78, 5) is 3.77. The fourth-order valence-electron chi connectivity index (χ4n) is 0.950. The van der Waals surface area contributed by atoms with Gasteiger partial charge in [-0.15, -0.1) is 0 Å². The summed E-state index contributed by atoms with van der Waals surface area (Å²) in [6, 6.07) is 0. The average Bonchev–Trinajstić information content (AvgIpc) is 2.09. The Morgan fingerprint density at radius 1 is 1.54 bits per heavy atom. The molecule has 0 N–H and O–H groups in total. The number of nitrogens with zero attached hydrogens (tertiary/aromatic N) is 1. The van der Waals surface area contributed by atoms with E-state index in [0.29, 0.717) is 15.0 Å². The van der Waals surface area contributed by atoms with Crippen molar-refractivity contribution >= 4 is 22.6 Å². The van der Waals surface area contributed by atoms with Crippen molar-refractivity contribution in [3.8, 4) is 5.88 Å². The Labute approximate surface area is 88.5 Å². The van der Waals surface area contributed by atoms with E-state index in [9.17, 15) is 8.78 Å². The SMILES string of the molecule is COc1ncc(C(F)F)c(I)c1C. The van der Waals surface area contributed by atoms with Gasteiger partial charge in [-0.25, -0.2) is 13.8 Å². The minimum Gasteiger partial charge on any atom is -0.481 e. The summed E-state index contributed by atoms with van der Waals surface area (Å²) < 4.78 is 30.1. The molecule has 1 aromatic heterocycles. The first-order valence-corrected chi connectivity index (χ1v) is 4.63. The molecule has 13 heavy (non-hydrogen) atoms. The molecule has 0 amide bonds. The van der Waals surface area contributed by atoms with Crippen LogP contribution in [0.15, 0.2) is 6.20 Å². The van der Waals surface area contributed by atoms with Crippen molar-refractivity contribution in [1.29, 1.82) is 0 Å². The number of pyridine rings is 1. The van der Waals surface area contributed by atoms with Crippen LogP contribution in [-0.2, 0) is 0 Å². The molecule has 1 aromatic rings. The molecule has 0 aliphatic carbocycles. The van der Waals surface area contributed by atoms with Crippen LogP contribution in [0.25, 0.3) is 0 Å². The van der Waals surface area contributed by atoms with Crippen LogP contribution in [0, 0.1) is 10.5 Å². The predicted molar refractivity (Wildman–Crippen MR) is 53.2 cm³/mol. The molecule has 1 rings (SSSR count). The summed E-state index contributed by atoms with van der Waals surface area (Å²) in [5, 5.41) is 0. The van der Waals surface area contributed by atoms with Crippen LogP contribution in [0.2, 0.25) is 0 Å². The second-order valence-corrected chi connectivity index (χ2v) is 3.54. The molecule has 0 bridgehead atoms. The Morgan fingerprint density at radius 2 is 2.15 bits per heavy atom. The van der Waals surface area contributed by atoms with Gasteiger partial charge in [0.1, 0.15) is 0 Å². The maximum absolute atomic E-state index is 12.4. The monoisotopic (exact) mass is 299 g/mol. The largest absolute Gasteiger partial charge is 0.481 e. The van der Waals surface area contributed by atoms with Gasteiger partial charge in [0.05, 0.1) is 7.11 Å². The maximum atomic E-state index is 12.4. The second-order valence-electron chi connectivity index (χ2n) is 2.46. The highest BCUT2D eigenvalue weighted by Crippen LogP contribution is 2.29. The van der Waals surface area contributed by atoms with Crippen LogP contribution in [0.3, 0.4) is 0 Å². The molecule has 0 spiro atoms. The zero-order valence-corrected chi connectivity index (χ0v) is 9.30. The highest BCUT2D eigenvalue weighted by Gasteiger charge is 2.16. The third kappa shape index (κ3) is 2.07. The molecule has 2 nitrogen and oxygen atoms in total. The number of hydrogen-bond donors (Lipinski definition) is 0. The van der Waals surface area contributed by atoms with Crippen molar-refractivity contribution in [3.63, 3.8) is 0 Å². The molecular formula is C8H8F2INO. The number of methoxy groups -OCH3 is 1. The van der Waals surface area contributed by atoms with E-state index < -0.39 is 6.43 Å². The molecule has 0 atom stereocenters. The molecule has 0 aliphatic heterocycles. The van der Waals surface area contributed by atoms with Gasteiger partial charge in [-0.2, -0.15) is 0 Å². The number of halogens is 3. The Hall–Kier alpha value is -0.460. The second kappa shape index (κ2) is 4.17. The number of aromatic nitrogens is 1. The molecular weight excluding hydrogens is 291 g/mol. The van der Waals surface area contributed by atoms with E-state index in [0.717, 1.165) is 6.20 Å². The molecule has 5 heteroatoms. The summed E-state index contributed by atoms with van der Waals surface area (Å²) in [6.07, 6.45) is -1.33. The van der Waals surface area contributed by atoms with Gasteiger partial charge in [0.15, 0.2) is 0 Å². The lowest BCUT2D eigenvalue weighted by molar-refractivity contribution is 0.149. The number of rotatable bonds is 2. The van der Waals surface area contributed by atoms with E-state index in [1.165, 1.54) is 7.11 Å². The van der Waals surface area contributed by atoms with Crippen LogP contribution < -0.4 is 4.74 Å². The van der Waals surface area contributed by atoms with Crippen molar-refractivity contribution < 1.29 is 13.5 Å². The Kier molecular flexibility index (Phi) is 3.40. The smallest absolute Gasteiger partial charge is 0.266 e. The normalized spacial score (nSPS) is 10.6.